The predicted molar refractivity (Wildman–Crippen MR) is 110 cm³/mol. The Bertz CT molecular complexity index is 791. The van der Waals surface area contributed by atoms with Gasteiger partial charge in [-0.1, -0.05) is 24.3 Å². The maximum absolute atomic E-state index is 12.6. The van der Waals surface area contributed by atoms with E-state index in [2.05, 4.69) is 16.0 Å². The zero-order chi connectivity index (χ0) is 19.8. The van der Waals surface area contributed by atoms with Crippen LogP contribution in [0.4, 0.5) is 16.2 Å². The molecule has 3 N–H and O–H groups in total. The molecule has 148 valence electrons. The molecule has 0 saturated carbocycles. The van der Waals surface area contributed by atoms with Crippen LogP contribution >= 0.6 is 0 Å². The van der Waals surface area contributed by atoms with Crippen molar-refractivity contribution in [3.8, 4) is 0 Å². The number of nitrogens with zero attached hydrogens (tertiary/aromatic N) is 1. The highest BCUT2D eigenvalue weighted by Crippen LogP contribution is 2.14. The van der Waals surface area contributed by atoms with Crippen molar-refractivity contribution in [1.82, 2.24) is 10.2 Å². The zero-order valence-corrected chi connectivity index (χ0v) is 16.0. The molecule has 0 unspecified atom stereocenters. The number of anilines is 2. The van der Waals surface area contributed by atoms with Gasteiger partial charge in [-0.25, -0.2) is 4.79 Å². The van der Waals surface area contributed by atoms with Crippen molar-refractivity contribution in [1.29, 1.82) is 0 Å². The number of amides is 3. The van der Waals surface area contributed by atoms with Crippen LogP contribution in [0.2, 0.25) is 0 Å². The molecule has 1 atom stereocenters. The highest BCUT2D eigenvalue weighted by atomic mass is 16.5. The van der Waals surface area contributed by atoms with Gasteiger partial charge >= 0.3 is 6.03 Å². The van der Waals surface area contributed by atoms with Gasteiger partial charge in [0.25, 0.3) is 5.91 Å². The van der Waals surface area contributed by atoms with E-state index in [0.29, 0.717) is 44.1 Å². The van der Waals surface area contributed by atoms with Gasteiger partial charge in [-0.05, 0) is 37.3 Å². The molecule has 0 aliphatic carbocycles. The molecule has 3 amide bonds. The average molecular weight is 382 g/mol. The third-order valence-electron chi connectivity index (χ3n) is 4.43. The highest BCUT2D eigenvalue weighted by molar-refractivity contribution is 5.97. The molecule has 1 heterocycles. The topological polar surface area (TPSA) is 82.7 Å². The summed E-state index contributed by atoms with van der Waals surface area (Å²) in [5, 5.41) is 8.95. The molecule has 1 aliphatic rings. The fraction of sp³-hybridized carbons (Fsp3) is 0.333. The molecule has 1 aliphatic heterocycles. The molecule has 0 radical (unpaired) electrons. The van der Waals surface area contributed by atoms with Crippen LogP contribution in [-0.4, -0.2) is 55.7 Å². The van der Waals surface area contributed by atoms with Crippen molar-refractivity contribution >= 4 is 23.3 Å². The first kappa shape index (κ1) is 19.7. The van der Waals surface area contributed by atoms with Gasteiger partial charge < -0.3 is 25.6 Å². The number of nitrogens with one attached hydrogen (secondary N) is 3. The van der Waals surface area contributed by atoms with Crippen LogP contribution in [0, 0.1) is 0 Å². The average Bonchev–Trinajstić information content (AvgIpc) is 2.73. The van der Waals surface area contributed by atoms with Crippen LogP contribution in [0.1, 0.15) is 17.3 Å². The first-order chi connectivity index (χ1) is 13.6. The van der Waals surface area contributed by atoms with E-state index < -0.39 is 0 Å². The molecule has 1 fully saturated rings. The number of morpholine rings is 1. The van der Waals surface area contributed by atoms with Gasteiger partial charge in [0.05, 0.1) is 13.2 Å². The second-order valence-electron chi connectivity index (χ2n) is 6.73. The minimum absolute atomic E-state index is 0.0483. The standard InChI is InChI=1S/C21H26N4O3/c1-16(15-22-18-7-3-2-4-8-18)23-21(27)24-19-9-5-6-17(14-19)20(26)25-10-12-28-13-11-25/h2-9,14,16,22H,10-13,15H2,1H3,(H2,23,24,27)/t16-/m1/s1. The molecule has 0 spiro atoms. The van der Waals surface area contributed by atoms with Crippen LogP contribution in [0.15, 0.2) is 54.6 Å². The lowest BCUT2D eigenvalue weighted by molar-refractivity contribution is 0.0303. The fourth-order valence-electron chi connectivity index (χ4n) is 2.95. The maximum atomic E-state index is 12.6. The van der Waals surface area contributed by atoms with E-state index in [0.717, 1.165) is 5.69 Å². The summed E-state index contributed by atoms with van der Waals surface area (Å²) < 4.78 is 5.28. The molecule has 2 aromatic rings. The van der Waals surface area contributed by atoms with E-state index in [9.17, 15) is 9.59 Å². The van der Waals surface area contributed by atoms with Crippen LogP contribution in [-0.2, 0) is 4.74 Å². The lowest BCUT2D eigenvalue weighted by atomic mass is 10.1. The number of hydrogen-bond donors (Lipinski definition) is 3. The molecule has 0 aromatic heterocycles. The van der Waals surface area contributed by atoms with E-state index in [4.69, 9.17) is 4.74 Å². The number of carbonyl (C=O) groups excluding carboxylic acids is 2. The lowest BCUT2D eigenvalue weighted by Crippen LogP contribution is -2.41. The normalized spacial score (nSPS) is 14.8. The molecule has 7 nitrogen and oxygen atoms in total. The number of ether oxygens (including phenoxy) is 1. The van der Waals surface area contributed by atoms with Crippen molar-refractivity contribution < 1.29 is 14.3 Å². The van der Waals surface area contributed by atoms with Crippen LogP contribution in [0.25, 0.3) is 0 Å². The number of urea groups is 1. The summed E-state index contributed by atoms with van der Waals surface area (Å²) >= 11 is 0. The Hall–Kier alpha value is -3.06. The minimum Gasteiger partial charge on any atom is -0.383 e. The maximum Gasteiger partial charge on any atom is 0.319 e. The van der Waals surface area contributed by atoms with Gasteiger partial charge in [-0.2, -0.15) is 0 Å². The van der Waals surface area contributed by atoms with E-state index in [1.807, 2.05) is 37.3 Å². The number of benzene rings is 2. The first-order valence-corrected chi connectivity index (χ1v) is 9.45. The Balaban J connectivity index is 1.50. The van der Waals surface area contributed by atoms with Crippen molar-refractivity contribution in [2.75, 3.05) is 43.5 Å². The van der Waals surface area contributed by atoms with Crippen molar-refractivity contribution in [2.45, 2.75) is 13.0 Å². The van der Waals surface area contributed by atoms with Crippen LogP contribution in [0.3, 0.4) is 0 Å². The lowest BCUT2D eigenvalue weighted by Gasteiger charge is -2.27. The molecule has 28 heavy (non-hydrogen) atoms. The van der Waals surface area contributed by atoms with Crippen molar-refractivity contribution in [2.24, 2.45) is 0 Å². The third kappa shape index (κ3) is 5.72. The third-order valence-corrected chi connectivity index (χ3v) is 4.43. The Kier molecular flexibility index (Phi) is 6.86. The van der Waals surface area contributed by atoms with Crippen molar-refractivity contribution in [3.05, 3.63) is 60.2 Å². The molecule has 2 aromatic carbocycles. The van der Waals surface area contributed by atoms with E-state index in [1.54, 1.807) is 29.2 Å². The summed E-state index contributed by atoms with van der Waals surface area (Å²) in [5.41, 5.74) is 2.14. The number of rotatable bonds is 6. The molecular formula is C21H26N4O3. The van der Waals surface area contributed by atoms with Crippen LogP contribution < -0.4 is 16.0 Å². The van der Waals surface area contributed by atoms with Crippen LogP contribution in [0.5, 0.6) is 0 Å². The van der Waals surface area contributed by atoms with Gasteiger partial charge in [0, 0.05) is 42.6 Å². The minimum atomic E-state index is -0.307. The monoisotopic (exact) mass is 382 g/mol. The Morgan fingerprint density at radius 2 is 1.75 bits per heavy atom. The van der Waals surface area contributed by atoms with Gasteiger partial charge in [-0.3, -0.25) is 4.79 Å². The predicted octanol–water partition coefficient (Wildman–Crippen LogP) is 2.78. The van der Waals surface area contributed by atoms with Gasteiger partial charge in [0.1, 0.15) is 0 Å². The van der Waals surface area contributed by atoms with Gasteiger partial charge in [0.15, 0.2) is 0 Å². The summed E-state index contributed by atoms with van der Waals surface area (Å²) in [5.74, 6) is -0.0483. The highest BCUT2D eigenvalue weighted by Gasteiger charge is 2.19. The largest absolute Gasteiger partial charge is 0.383 e. The second-order valence-corrected chi connectivity index (χ2v) is 6.73. The molecule has 3 rings (SSSR count). The van der Waals surface area contributed by atoms with Gasteiger partial charge in [0.2, 0.25) is 0 Å². The van der Waals surface area contributed by atoms with E-state index in [1.165, 1.54) is 0 Å². The van der Waals surface area contributed by atoms with E-state index >= 15 is 0 Å². The Morgan fingerprint density at radius 1 is 1.04 bits per heavy atom. The quantitative estimate of drug-likeness (QED) is 0.717. The summed E-state index contributed by atoms with van der Waals surface area (Å²) in [4.78, 5) is 26.6. The summed E-state index contributed by atoms with van der Waals surface area (Å²) in [6.45, 7) is 4.81. The summed E-state index contributed by atoms with van der Waals surface area (Å²) in [7, 11) is 0. The molecule has 1 saturated heterocycles. The first-order valence-electron chi connectivity index (χ1n) is 9.45. The van der Waals surface area contributed by atoms with Gasteiger partial charge in [-0.15, -0.1) is 0 Å². The fourth-order valence-corrected chi connectivity index (χ4v) is 2.95. The second kappa shape index (κ2) is 9.75. The molecule has 7 heteroatoms. The number of para-hydroxylation sites is 1. The smallest absolute Gasteiger partial charge is 0.319 e. The Labute approximate surface area is 165 Å². The SMILES string of the molecule is C[C@H](CNc1ccccc1)NC(=O)Nc1cccc(C(=O)N2CCOCC2)c1. The zero-order valence-electron chi connectivity index (χ0n) is 16.0. The number of carbonyl (C=O) groups is 2. The summed E-state index contributed by atoms with van der Waals surface area (Å²) in [6, 6.07) is 16.4. The summed E-state index contributed by atoms with van der Waals surface area (Å²) in [6.07, 6.45) is 0. The van der Waals surface area contributed by atoms with E-state index in [-0.39, 0.29) is 18.0 Å². The molecule has 0 bridgehead atoms. The molecular weight excluding hydrogens is 356 g/mol. The van der Waals surface area contributed by atoms with Crippen molar-refractivity contribution in [3.63, 3.8) is 0 Å². The Morgan fingerprint density at radius 3 is 2.50 bits per heavy atom. The number of hydrogen-bond acceptors (Lipinski definition) is 4.